The van der Waals surface area contributed by atoms with Crippen molar-refractivity contribution < 1.29 is 14.3 Å². The molecule has 4 rings (SSSR count). The fourth-order valence-corrected chi connectivity index (χ4v) is 3.97. The average molecular weight is 455 g/mol. The Labute approximate surface area is 201 Å². The van der Waals surface area contributed by atoms with Gasteiger partial charge in [0.25, 0.3) is 11.8 Å². The Morgan fingerprint density at radius 3 is 2.12 bits per heavy atom. The maximum Gasteiger partial charge on any atom is 0.282 e. The van der Waals surface area contributed by atoms with Crippen LogP contribution in [0, 0.1) is 6.92 Å². The Balaban J connectivity index is 1.79. The molecule has 0 saturated carbocycles. The van der Waals surface area contributed by atoms with E-state index in [1.54, 1.807) is 18.2 Å². The molecule has 0 bridgehead atoms. The van der Waals surface area contributed by atoms with E-state index < -0.39 is 5.91 Å². The standard InChI is InChI=1S/C29H30N2O3/c1-6-34-24-10-8-7-9-23(24)31-27(32)25(20-13-11-19(2)12-14-20)26(28(31)33)30-22-17-15-21(16-18-22)29(3,4)5/h7-18,30H,6H2,1-5H3. The number of amides is 2. The Morgan fingerprint density at radius 2 is 1.50 bits per heavy atom. The normalized spacial score (nSPS) is 14.1. The highest BCUT2D eigenvalue weighted by Gasteiger charge is 2.41. The van der Waals surface area contributed by atoms with Crippen molar-refractivity contribution in [3.63, 3.8) is 0 Å². The van der Waals surface area contributed by atoms with Gasteiger partial charge in [0, 0.05) is 5.69 Å². The van der Waals surface area contributed by atoms with E-state index in [9.17, 15) is 9.59 Å². The number of aryl methyl sites for hydroxylation is 1. The number of nitrogens with zero attached hydrogens (tertiary/aromatic N) is 1. The molecule has 1 heterocycles. The summed E-state index contributed by atoms with van der Waals surface area (Å²) in [5, 5.41) is 3.24. The van der Waals surface area contributed by atoms with Gasteiger partial charge in [-0.1, -0.05) is 74.9 Å². The molecule has 0 spiro atoms. The van der Waals surface area contributed by atoms with Gasteiger partial charge in [0.2, 0.25) is 0 Å². The van der Waals surface area contributed by atoms with E-state index in [-0.39, 0.29) is 17.0 Å². The fourth-order valence-electron chi connectivity index (χ4n) is 3.97. The number of ether oxygens (including phenoxy) is 1. The Bertz CT molecular complexity index is 1250. The zero-order valence-electron chi connectivity index (χ0n) is 20.3. The average Bonchev–Trinajstić information content (AvgIpc) is 3.04. The number of benzene rings is 3. The summed E-state index contributed by atoms with van der Waals surface area (Å²) in [6, 6.07) is 22.7. The predicted octanol–water partition coefficient (Wildman–Crippen LogP) is 6.09. The van der Waals surface area contributed by atoms with Crippen molar-refractivity contribution in [3.05, 3.63) is 95.2 Å². The molecule has 0 aromatic heterocycles. The molecular formula is C29H30N2O3. The third-order valence-corrected chi connectivity index (χ3v) is 5.85. The first kappa shape index (κ1) is 23.3. The van der Waals surface area contributed by atoms with E-state index in [0.717, 1.165) is 11.3 Å². The summed E-state index contributed by atoms with van der Waals surface area (Å²) in [5.74, 6) is -0.298. The van der Waals surface area contributed by atoms with E-state index >= 15 is 0 Å². The summed E-state index contributed by atoms with van der Waals surface area (Å²) < 4.78 is 5.72. The van der Waals surface area contributed by atoms with Crippen molar-refractivity contribution in [1.82, 2.24) is 0 Å². The van der Waals surface area contributed by atoms with Gasteiger partial charge in [-0.25, -0.2) is 4.90 Å². The van der Waals surface area contributed by atoms with Crippen molar-refractivity contribution in [3.8, 4) is 5.75 Å². The Morgan fingerprint density at radius 1 is 0.853 bits per heavy atom. The van der Waals surface area contributed by atoms with E-state index in [4.69, 9.17) is 4.74 Å². The van der Waals surface area contributed by atoms with E-state index in [1.807, 2.05) is 68.4 Å². The zero-order valence-corrected chi connectivity index (χ0v) is 20.3. The highest BCUT2D eigenvalue weighted by atomic mass is 16.5. The van der Waals surface area contributed by atoms with Crippen molar-refractivity contribution in [2.24, 2.45) is 0 Å². The lowest BCUT2D eigenvalue weighted by molar-refractivity contribution is -0.120. The number of hydrogen-bond donors (Lipinski definition) is 1. The molecule has 1 aliphatic rings. The minimum atomic E-state index is -0.410. The summed E-state index contributed by atoms with van der Waals surface area (Å²) in [5.41, 5.74) is 4.74. The van der Waals surface area contributed by atoms with Crippen LogP contribution in [0.1, 0.15) is 44.4 Å². The smallest absolute Gasteiger partial charge is 0.282 e. The molecule has 174 valence electrons. The van der Waals surface area contributed by atoms with Crippen LogP contribution in [0.3, 0.4) is 0 Å². The molecule has 0 fully saturated rings. The molecule has 2 amide bonds. The second-order valence-corrected chi connectivity index (χ2v) is 9.41. The molecule has 0 aliphatic carbocycles. The number of carbonyl (C=O) groups excluding carboxylic acids is 2. The summed E-state index contributed by atoms with van der Waals surface area (Å²) >= 11 is 0. The molecule has 0 radical (unpaired) electrons. The molecule has 1 N–H and O–H groups in total. The molecule has 1 aliphatic heterocycles. The number of nitrogens with one attached hydrogen (secondary N) is 1. The number of rotatable bonds is 6. The van der Waals surface area contributed by atoms with Crippen LogP contribution in [-0.4, -0.2) is 18.4 Å². The van der Waals surface area contributed by atoms with Crippen LogP contribution in [0.2, 0.25) is 0 Å². The summed E-state index contributed by atoms with van der Waals surface area (Å²) in [4.78, 5) is 28.6. The summed E-state index contributed by atoms with van der Waals surface area (Å²) in [6.45, 7) is 10.7. The van der Waals surface area contributed by atoms with Crippen LogP contribution in [0.15, 0.2) is 78.5 Å². The van der Waals surface area contributed by atoms with Crippen LogP contribution in [-0.2, 0) is 15.0 Å². The zero-order chi connectivity index (χ0) is 24.5. The van der Waals surface area contributed by atoms with Gasteiger partial charge in [0.15, 0.2) is 0 Å². The van der Waals surface area contributed by atoms with Crippen molar-refractivity contribution in [2.45, 2.75) is 40.0 Å². The molecule has 0 unspecified atom stereocenters. The number of carbonyl (C=O) groups is 2. The molecule has 0 saturated heterocycles. The number of para-hydroxylation sites is 2. The number of hydrogen-bond acceptors (Lipinski definition) is 4. The van der Waals surface area contributed by atoms with E-state index in [0.29, 0.717) is 29.2 Å². The topological polar surface area (TPSA) is 58.6 Å². The van der Waals surface area contributed by atoms with Gasteiger partial charge >= 0.3 is 0 Å². The van der Waals surface area contributed by atoms with E-state index in [1.165, 1.54) is 10.5 Å². The van der Waals surface area contributed by atoms with Gasteiger partial charge in [-0.15, -0.1) is 0 Å². The maximum atomic E-state index is 13.7. The predicted molar refractivity (Wildman–Crippen MR) is 137 cm³/mol. The van der Waals surface area contributed by atoms with Gasteiger partial charge in [-0.05, 0) is 54.7 Å². The van der Waals surface area contributed by atoms with Crippen LogP contribution in [0.25, 0.3) is 5.57 Å². The largest absolute Gasteiger partial charge is 0.492 e. The van der Waals surface area contributed by atoms with Gasteiger partial charge in [0.1, 0.15) is 11.4 Å². The van der Waals surface area contributed by atoms with Crippen LogP contribution >= 0.6 is 0 Å². The molecule has 5 heteroatoms. The highest BCUT2D eigenvalue weighted by molar-refractivity contribution is 6.46. The first-order valence-corrected chi connectivity index (χ1v) is 11.5. The van der Waals surface area contributed by atoms with E-state index in [2.05, 4.69) is 26.1 Å². The van der Waals surface area contributed by atoms with Crippen molar-refractivity contribution >= 4 is 28.8 Å². The molecule has 5 nitrogen and oxygen atoms in total. The van der Waals surface area contributed by atoms with Gasteiger partial charge in [-0.3, -0.25) is 9.59 Å². The molecule has 3 aromatic carbocycles. The van der Waals surface area contributed by atoms with Gasteiger partial charge in [0.05, 0.1) is 17.9 Å². The number of anilines is 2. The fraction of sp³-hybridized carbons (Fsp3) is 0.241. The minimum Gasteiger partial charge on any atom is -0.492 e. The SMILES string of the molecule is CCOc1ccccc1N1C(=O)C(Nc2ccc(C(C)(C)C)cc2)=C(c2ccc(C)cc2)C1=O. The summed E-state index contributed by atoms with van der Waals surface area (Å²) in [7, 11) is 0. The lowest BCUT2D eigenvalue weighted by Crippen LogP contribution is -2.32. The van der Waals surface area contributed by atoms with Crippen molar-refractivity contribution in [1.29, 1.82) is 0 Å². The molecule has 3 aromatic rings. The van der Waals surface area contributed by atoms with Crippen LogP contribution < -0.4 is 15.0 Å². The summed E-state index contributed by atoms with van der Waals surface area (Å²) in [6.07, 6.45) is 0. The monoisotopic (exact) mass is 454 g/mol. The third kappa shape index (κ3) is 4.46. The third-order valence-electron chi connectivity index (χ3n) is 5.85. The van der Waals surface area contributed by atoms with Gasteiger partial charge < -0.3 is 10.1 Å². The first-order valence-electron chi connectivity index (χ1n) is 11.5. The Kier molecular flexibility index (Phi) is 6.29. The lowest BCUT2D eigenvalue weighted by atomic mass is 9.87. The Hall–Kier alpha value is -3.86. The van der Waals surface area contributed by atoms with Crippen LogP contribution in [0.5, 0.6) is 5.75 Å². The lowest BCUT2D eigenvalue weighted by Gasteiger charge is -2.20. The molecular weight excluding hydrogens is 424 g/mol. The molecule has 0 atom stereocenters. The molecule has 34 heavy (non-hydrogen) atoms. The maximum absolute atomic E-state index is 13.7. The van der Waals surface area contributed by atoms with Crippen molar-refractivity contribution in [2.75, 3.05) is 16.8 Å². The highest BCUT2D eigenvalue weighted by Crippen LogP contribution is 2.38. The second kappa shape index (κ2) is 9.18. The second-order valence-electron chi connectivity index (χ2n) is 9.41. The minimum absolute atomic E-state index is 0.0176. The quantitative estimate of drug-likeness (QED) is 0.458. The van der Waals surface area contributed by atoms with Crippen LogP contribution in [0.4, 0.5) is 11.4 Å². The first-order chi connectivity index (χ1) is 16.2. The number of imide groups is 1. The van der Waals surface area contributed by atoms with Gasteiger partial charge in [-0.2, -0.15) is 0 Å².